The van der Waals surface area contributed by atoms with E-state index in [0.29, 0.717) is 5.56 Å². The third-order valence-electron chi connectivity index (χ3n) is 7.50. The molecule has 9 heteroatoms. The number of phenolic OH excluding ortho intramolecular Hbond substituents is 3. The summed E-state index contributed by atoms with van der Waals surface area (Å²) in [6.45, 7) is -0.473. The van der Waals surface area contributed by atoms with Crippen molar-refractivity contribution in [2.24, 2.45) is 0 Å². The highest BCUT2D eigenvalue weighted by Crippen LogP contribution is 2.55. The Morgan fingerprint density at radius 1 is 0.692 bits per heavy atom. The predicted octanol–water partition coefficient (Wildman–Crippen LogP) is 3.12. The largest absolute Gasteiger partial charge is 0.872 e. The third-order valence-corrected chi connectivity index (χ3v) is 7.50. The summed E-state index contributed by atoms with van der Waals surface area (Å²) in [5, 5.41) is 65.0. The number of rotatable bonds is 3. The van der Waals surface area contributed by atoms with E-state index in [2.05, 4.69) is 0 Å². The van der Waals surface area contributed by atoms with E-state index in [1.165, 1.54) is 42.5 Å². The van der Waals surface area contributed by atoms with Crippen molar-refractivity contribution in [1.29, 1.82) is 0 Å². The van der Waals surface area contributed by atoms with Gasteiger partial charge in [0, 0.05) is 17.4 Å². The molecule has 2 aliphatic carbocycles. The Hall–Kier alpha value is -5.15. The van der Waals surface area contributed by atoms with Gasteiger partial charge in [-0.15, -0.1) is 0 Å². The Labute approximate surface area is 220 Å². The van der Waals surface area contributed by atoms with Crippen LogP contribution in [-0.4, -0.2) is 43.1 Å². The van der Waals surface area contributed by atoms with E-state index in [9.17, 15) is 45.0 Å². The first-order chi connectivity index (χ1) is 18.6. The lowest BCUT2D eigenvalue weighted by atomic mass is 9.63. The summed E-state index contributed by atoms with van der Waals surface area (Å²) in [5.41, 5.74) is 0.159. The minimum atomic E-state index is -1.36. The standard InChI is InChI=1S/C30H20O9/c31-11-12-7-16-22(14-3-1-5-18(32)24(14)28(36)26(16)20(34)8-12)23-15-4-2-6-19(33)25(15)29(37)27-17(23)9-13(30(38)39)10-21(27)35/h1-10,22-23,31-35H,11H2,(H,38,39)/p-1/t22-,23+/m0/s1. The van der Waals surface area contributed by atoms with Crippen LogP contribution in [0.2, 0.25) is 0 Å². The number of carboxylic acid groups (broad SMARTS) is 1. The van der Waals surface area contributed by atoms with Gasteiger partial charge in [-0.05, 0) is 52.1 Å². The van der Waals surface area contributed by atoms with Crippen molar-refractivity contribution < 1.29 is 45.0 Å². The van der Waals surface area contributed by atoms with Crippen molar-refractivity contribution in [1.82, 2.24) is 0 Å². The highest BCUT2D eigenvalue weighted by Gasteiger charge is 2.45. The molecule has 0 bridgehead atoms. The first-order valence-corrected chi connectivity index (χ1v) is 11.9. The van der Waals surface area contributed by atoms with Crippen LogP contribution in [0.4, 0.5) is 0 Å². The molecule has 2 atom stereocenters. The molecular weight excluding hydrogens is 504 g/mol. The topological polar surface area (TPSA) is 175 Å². The van der Waals surface area contributed by atoms with Crippen molar-refractivity contribution in [2.45, 2.75) is 18.4 Å². The van der Waals surface area contributed by atoms with Crippen LogP contribution in [0, 0.1) is 0 Å². The minimum Gasteiger partial charge on any atom is -0.872 e. The molecule has 5 N–H and O–H groups in total. The summed E-state index contributed by atoms with van der Waals surface area (Å²) in [6, 6.07) is 13.5. The highest BCUT2D eigenvalue weighted by molar-refractivity contribution is 6.18. The molecule has 0 radical (unpaired) electrons. The maximum atomic E-state index is 13.6. The zero-order chi connectivity index (χ0) is 27.7. The van der Waals surface area contributed by atoms with E-state index in [-0.39, 0.29) is 55.8 Å². The fourth-order valence-electron chi connectivity index (χ4n) is 5.98. The van der Waals surface area contributed by atoms with Gasteiger partial charge in [0.25, 0.3) is 0 Å². The molecule has 6 rings (SSSR count). The number of hydrogen-bond donors (Lipinski definition) is 5. The van der Waals surface area contributed by atoms with E-state index in [0.717, 1.165) is 6.07 Å². The van der Waals surface area contributed by atoms with Crippen molar-refractivity contribution in [2.75, 3.05) is 0 Å². The average molecular weight is 523 g/mol. The van der Waals surface area contributed by atoms with Crippen molar-refractivity contribution >= 4 is 17.5 Å². The summed E-state index contributed by atoms with van der Waals surface area (Å²) in [6.07, 6.45) is 0. The monoisotopic (exact) mass is 523 g/mol. The minimum absolute atomic E-state index is 0.0982. The number of ketones is 2. The van der Waals surface area contributed by atoms with Crippen LogP contribution in [0.1, 0.15) is 81.9 Å². The van der Waals surface area contributed by atoms with Gasteiger partial charge >= 0.3 is 5.97 Å². The van der Waals surface area contributed by atoms with E-state index in [1.54, 1.807) is 12.1 Å². The normalized spacial score (nSPS) is 17.2. The molecule has 0 unspecified atom stereocenters. The van der Waals surface area contributed by atoms with E-state index >= 15 is 0 Å². The van der Waals surface area contributed by atoms with Gasteiger partial charge in [0.05, 0.1) is 28.9 Å². The number of aliphatic hydroxyl groups is 1. The third kappa shape index (κ3) is 3.33. The number of fused-ring (bicyclic) bond motifs is 4. The van der Waals surface area contributed by atoms with E-state index in [1.807, 2.05) is 0 Å². The zero-order valence-electron chi connectivity index (χ0n) is 20.0. The van der Waals surface area contributed by atoms with Gasteiger partial charge < -0.3 is 30.6 Å². The summed E-state index contributed by atoms with van der Waals surface area (Å²) in [5.74, 6) is -6.78. The first kappa shape index (κ1) is 24.2. The second-order valence-electron chi connectivity index (χ2n) is 9.58. The Bertz CT molecular complexity index is 1770. The van der Waals surface area contributed by atoms with Crippen LogP contribution >= 0.6 is 0 Å². The molecule has 0 aliphatic heterocycles. The Morgan fingerprint density at radius 2 is 1.23 bits per heavy atom. The summed E-state index contributed by atoms with van der Waals surface area (Å²) >= 11 is 0. The molecule has 4 aromatic carbocycles. The van der Waals surface area contributed by atoms with Crippen LogP contribution in [0.5, 0.6) is 23.0 Å². The molecule has 4 aromatic rings. The summed E-state index contributed by atoms with van der Waals surface area (Å²) in [4.78, 5) is 39.0. The number of carbonyl (C=O) groups excluding carboxylic acids is 2. The maximum absolute atomic E-state index is 13.6. The van der Waals surface area contributed by atoms with Crippen LogP contribution in [-0.2, 0) is 6.61 Å². The van der Waals surface area contributed by atoms with Crippen molar-refractivity contribution in [3.8, 4) is 23.0 Å². The van der Waals surface area contributed by atoms with Gasteiger partial charge in [-0.25, -0.2) is 4.79 Å². The lowest BCUT2D eigenvalue weighted by Crippen LogP contribution is -2.30. The maximum Gasteiger partial charge on any atom is 0.335 e. The van der Waals surface area contributed by atoms with Crippen molar-refractivity contribution in [3.05, 3.63) is 116 Å². The molecular formula is C30H19O9-. The molecule has 0 saturated carbocycles. The van der Waals surface area contributed by atoms with Gasteiger partial charge in [-0.3, -0.25) is 9.59 Å². The lowest BCUT2D eigenvalue weighted by molar-refractivity contribution is -0.268. The Morgan fingerprint density at radius 3 is 1.87 bits per heavy atom. The van der Waals surface area contributed by atoms with Crippen LogP contribution < -0.4 is 5.11 Å². The van der Waals surface area contributed by atoms with Crippen LogP contribution in [0.3, 0.4) is 0 Å². The smallest absolute Gasteiger partial charge is 0.335 e. The molecule has 0 saturated heterocycles. The van der Waals surface area contributed by atoms with E-state index in [4.69, 9.17) is 0 Å². The van der Waals surface area contributed by atoms with Crippen LogP contribution in [0.25, 0.3) is 0 Å². The number of aliphatic hydroxyl groups excluding tert-OH is 1. The highest BCUT2D eigenvalue weighted by atomic mass is 16.4. The second-order valence-corrected chi connectivity index (χ2v) is 9.58. The number of hydrogen-bond acceptors (Lipinski definition) is 8. The molecule has 0 aromatic heterocycles. The molecule has 194 valence electrons. The first-order valence-electron chi connectivity index (χ1n) is 11.9. The average Bonchev–Trinajstić information content (AvgIpc) is 2.89. The lowest BCUT2D eigenvalue weighted by Gasteiger charge is -2.39. The van der Waals surface area contributed by atoms with Gasteiger partial charge in [-0.1, -0.05) is 42.1 Å². The zero-order valence-corrected chi connectivity index (χ0v) is 20.0. The number of carboxylic acids is 1. The Kier molecular flexibility index (Phi) is 5.24. The van der Waals surface area contributed by atoms with Gasteiger partial charge in [0.2, 0.25) is 5.78 Å². The molecule has 9 nitrogen and oxygen atoms in total. The number of phenols is 3. The molecule has 0 heterocycles. The quantitative estimate of drug-likeness (QED) is 0.270. The molecule has 0 spiro atoms. The van der Waals surface area contributed by atoms with Gasteiger partial charge in [-0.2, -0.15) is 0 Å². The molecule has 0 amide bonds. The van der Waals surface area contributed by atoms with Crippen molar-refractivity contribution in [3.63, 3.8) is 0 Å². The summed E-state index contributed by atoms with van der Waals surface area (Å²) < 4.78 is 0. The Balaban J connectivity index is 1.78. The van der Waals surface area contributed by atoms with E-state index < -0.39 is 53.2 Å². The van der Waals surface area contributed by atoms with Gasteiger partial charge in [0.1, 0.15) is 17.2 Å². The molecule has 0 fully saturated rings. The van der Waals surface area contributed by atoms with Gasteiger partial charge in [0.15, 0.2) is 5.78 Å². The number of aromatic hydroxyl groups is 3. The second kappa shape index (κ2) is 8.44. The number of benzene rings is 4. The summed E-state index contributed by atoms with van der Waals surface area (Å²) in [7, 11) is 0. The van der Waals surface area contributed by atoms with Crippen LogP contribution in [0.15, 0.2) is 60.7 Å². The fourth-order valence-corrected chi connectivity index (χ4v) is 5.98. The number of carbonyl (C=O) groups is 3. The molecule has 39 heavy (non-hydrogen) atoms. The SMILES string of the molecule is O=C(O)c1cc(O)c2c(c1)[C@H]([C@H]1c3cccc(O)c3C(=O)c3c(O)cc(CO)cc31)c1cccc([O-])c1C2=O. The fraction of sp³-hybridized carbons (Fsp3) is 0.100. The molecule has 2 aliphatic rings. The predicted molar refractivity (Wildman–Crippen MR) is 134 cm³/mol. The number of aromatic carboxylic acids is 1.